The third-order valence-corrected chi connectivity index (χ3v) is 4.69. The maximum absolute atomic E-state index is 12.5. The minimum Gasteiger partial charge on any atom is -0.324 e. The molecule has 0 spiro atoms. The van der Waals surface area contributed by atoms with Crippen LogP contribution < -0.4 is 5.32 Å². The number of hydrogen-bond donors (Lipinski definition) is 1. The molecule has 3 aromatic rings. The molecule has 0 fully saturated rings. The molecular formula is C19H19Cl2N5O. The summed E-state index contributed by atoms with van der Waals surface area (Å²) in [4.78, 5) is 21.4. The summed E-state index contributed by atoms with van der Waals surface area (Å²) in [5.74, 6) is 0.312. The molecule has 1 amide bonds. The first-order valence-corrected chi connectivity index (χ1v) is 9.13. The topological polar surface area (TPSA) is 72.7 Å². The Morgan fingerprint density at radius 2 is 1.74 bits per heavy atom. The number of halogens is 2. The standard InChI is InChI=1S/C19H19Cl2N5O/c1-10-7-11(2)23-19(22-10)26-13(4)15(12(3)25-26)9-18(27)24-17-6-5-14(20)8-16(17)21/h5-8H,9H2,1-4H3,(H,24,27). The van der Waals surface area contributed by atoms with Gasteiger partial charge < -0.3 is 5.32 Å². The van der Waals surface area contributed by atoms with Crippen LogP contribution in [0.3, 0.4) is 0 Å². The summed E-state index contributed by atoms with van der Waals surface area (Å²) >= 11 is 12.0. The van der Waals surface area contributed by atoms with E-state index in [-0.39, 0.29) is 12.3 Å². The lowest BCUT2D eigenvalue weighted by atomic mass is 10.1. The van der Waals surface area contributed by atoms with E-state index in [0.29, 0.717) is 21.7 Å². The second kappa shape index (κ2) is 7.66. The molecule has 1 aromatic carbocycles. The third-order valence-electron chi connectivity index (χ3n) is 4.14. The van der Waals surface area contributed by atoms with Crippen molar-refractivity contribution in [3.8, 4) is 5.95 Å². The van der Waals surface area contributed by atoms with Crippen molar-refractivity contribution >= 4 is 34.8 Å². The van der Waals surface area contributed by atoms with Gasteiger partial charge in [-0.25, -0.2) is 14.6 Å². The highest BCUT2D eigenvalue weighted by atomic mass is 35.5. The molecule has 0 saturated carbocycles. The molecule has 0 unspecified atom stereocenters. The second-order valence-electron chi connectivity index (χ2n) is 6.36. The van der Waals surface area contributed by atoms with Crippen LogP contribution in [0.4, 0.5) is 5.69 Å². The van der Waals surface area contributed by atoms with Gasteiger partial charge in [0, 0.05) is 27.7 Å². The number of rotatable bonds is 4. The monoisotopic (exact) mass is 403 g/mol. The highest BCUT2D eigenvalue weighted by Crippen LogP contribution is 2.26. The van der Waals surface area contributed by atoms with Gasteiger partial charge in [-0.2, -0.15) is 5.10 Å². The summed E-state index contributed by atoms with van der Waals surface area (Å²) in [6.07, 6.45) is 0.168. The van der Waals surface area contributed by atoms with Gasteiger partial charge in [-0.3, -0.25) is 4.79 Å². The maximum atomic E-state index is 12.5. The predicted octanol–water partition coefficient (Wildman–Crippen LogP) is 4.38. The summed E-state index contributed by atoms with van der Waals surface area (Å²) in [5.41, 5.74) is 4.66. The lowest BCUT2D eigenvalue weighted by Crippen LogP contribution is -2.15. The van der Waals surface area contributed by atoms with E-state index < -0.39 is 0 Å². The number of aromatic nitrogens is 4. The molecule has 140 valence electrons. The Balaban J connectivity index is 1.85. The predicted molar refractivity (Wildman–Crippen MR) is 107 cm³/mol. The zero-order valence-electron chi connectivity index (χ0n) is 15.5. The Labute approximate surface area is 167 Å². The largest absolute Gasteiger partial charge is 0.324 e. The van der Waals surface area contributed by atoms with Gasteiger partial charge in [0.25, 0.3) is 5.95 Å². The molecule has 0 saturated heterocycles. The molecule has 6 nitrogen and oxygen atoms in total. The normalized spacial score (nSPS) is 10.9. The van der Waals surface area contributed by atoms with E-state index >= 15 is 0 Å². The number of carbonyl (C=O) groups excluding carboxylic acids is 1. The number of aryl methyl sites for hydroxylation is 3. The summed E-state index contributed by atoms with van der Waals surface area (Å²) < 4.78 is 1.67. The lowest BCUT2D eigenvalue weighted by molar-refractivity contribution is -0.115. The van der Waals surface area contributed by atoms with Crippen LogP contribution in [0.1, 0.15) is 28.3 Å². The molecule has 3 rings (SSSR count). The molecule has 27 heavy (non-hydrogen) atoms. The quantitative estimate of drug-likeness (QED) is 0.700. The number of anilines is 1. The molecule has 1 N–H and O–H groups in total. The Morgan fingerprint density at radius 1 is 1.07 bits per heavy atom. The van der Waals surface area contributed by atoms with Gasteiger partial charge in [0.2, 0.25) is 5.91 Å². The molecule has 0 atom stereocenters. The average Bonchev–Trinajstić information content (AvgIpc) is 2.85. The number of amides is 1. The molecule has 0 aliphatic rings. The van der Waals surface area contributed by atoms with Crippen LogP contribution in [-0.4, -0.2) is 25.7 Å². The number of nitrogens with one attached hydrogen (secondary N) is 1. The average molecular weight is 404 g/mol. The smallest absolute Gasteiger partial charge is 0.251 e. The van der Waals surface area contributed by atoms with Crippen LogP contribution in [-0.2, 0) is 11.2 Å². The number of nitrogens with zero attached hydrogens (tertiary/aromatic N) is 4. The molecule has 8 heteroatoms. The third kappa shape index (κ3) is 4.28. The van der Waals surface area contributed by atoms with Crippen LogP contribution in [0.2, 0.25) is 10.0 Å². The highest BCUT2D eigenvalue weighted by Gasteiger charge is 2.18. The van der Waals surface area contributed by atoms with Gasteiger partial charge in [-0.15, -0.1) is 0 Å². The van der Waals surface area contributed by atoms with E-state index in [0.717, 1.165) is 28.3 Å². The van der Waals surface area contributed by atoms with Crippen molar-refractivity contribution in [1.82, 2.24) is 19.7 Å². The van der Waals surface area contributed by atoms with E-state index in [1.807, 2.05) is 33.8 Å². The van der Waals surface area contributed by atoms with Crippen molar-refractivity contribution in [3.05, 3.63) is 62.6 Å². The Hall–Kier alpha value is -2.44. The summed E-state index contributed by atoms with van der Waals surface area (Å²) in [6, 6.07) is 6.84. The molecular weight excluding hydrogens is 385 g/mol. The van der Waals surface area contributed by atoms with E-state index in [2.05, 4.69) is 20.4 Å². The van der Waals surface area contributed by atoms with Crippen molar-refractivity contribution in [3.63, 3.8) is 0 Å². The van der Waals surface area contributed by atoms with Crippen molar-refractivity contribution in [2.24, 2.45) is 0 Å². The fourth-order valence-electron chi connectivity index (χ4n) is 2.87. The van der Waals surface area contributed by atoms with Gasteiger partial charge in [-0.05, 0) is 52.0 Å². The lowest BCUT2D eigenvalue weighted by Gasteiger charge is -2.08. The zero-order valence-corrected chi connectivity index (χ0v) is 17.0. The summed E-state index contributed by atoms with van der Waals surface area (Å²) in [6.45, 7) is 7.59. The van der Waals surface area contributed by atoms with Crippen molar-refractivity contribution < 1.29 is 4.79 Å². The number of benzene rings is 1. The summed E-state index contributed by atoms with van der Waals surface area (Å²) in [7, 11) is 0. The first-order valence-electron chi connectivity index (χ1n) is 8.37. The minimum absolute atomic E-state index is 0.168. The Morgan fingerprint density at radius 3 is 2.37 bits per heavy atom. The van der Waals surface area contributed by atoms with Gasteiger partial charge >= 0.3 is 0 Å². The number of hydrogen-bond acceptors (Lipinski definition) is 4. The minimum atomic E-state index is -0.189. The SMILES string of the molecule is Cc1cc(C)nc(-n2nc(C)c(CC(=O)Nc3ccc(Cl)cc3Cl)c2C)n1. The van der Waals surface area contributed by atoms with Crippen molar-refractivity contribution in [2.45, 2.75) is 34.1 Å². The van der Waals surface area contributed by atoms with Crippen LogP contribution in [0.25, 0.3) is 5.95 Å². The maximum Gasteiger partial charge on any atom is 0.251 e. The van der Waals surface area contributed by atoms with Crippen LogP contribution in [0.15, 0.2) is 24.3 Å². The molecule has 2 aromatic heterocycles. The second-order valence-corrected chi connectivity index (χ2v) is 7.20. The van der Waals surface area contributed by atoms with E-state index in [4.69, 9.17) is 23.2 Å². The summed E-state index contributed by atoms with van der Waals surface area (Å²) in [5, 5.41) is 8.24. The molecule has 0 bridgehead atoms. The molecule has 2 heterocycles. The number of carbonyl (C=O) groups is 1. The van der Waals surface area contributed by atoms with E-state index in [1.54, 1.807) is 22.9 Å². The van der Waals surface area contributed by atoms with Crippen LogP contribution >= 0.6 is 23.2 Å². The first-order chi connectivity index (χ1) is 12.7. The van der Waals surface area contributed by atoms with Crippen LogP contribution in [0.5, 0.6) is 0 Å². The van der Waals surface area contributed by atoms with E-state index in [9.17, 15) is 4.79 Å². The van der Waals surface area contributed by atoms with Crippen molar-refractivity contribution in [2.75, 3.05) is 5.32 Å². The first kappa shape index (κ1) is 19.3. The van der Waals surface area contributed by atoms with Crippen molar-refractivity contribution in [1.29, 1.82) is 0 Å². The molecule has 0 aliphatic heterocycles. The van der Waals surface area contributed by atoms with Gasteiger partial charge in [0.15, 0.2) is 0 Å². The highest BCUT2D eigenvalue weighted by molar-refractivity contribution is 6.36. The fourth-order valence-corrected chi connectivity index (χ4v) is 3.33. The Bertz CT molecular complexity index is 1010. The van der Waals surface area contributed by atoms with Gasteiger partial charge in [0.05, 0.1) is 22.8 Å². The van der Waals surface area contributed by atoms with E-state index in [1.165, 1.54) is 0 Å². The van der Waals surface area contributed by atoms with Crippen LogP contribution in [0, 0.1) is 27.7 Å². The fraction of sp³-hybridized carbons (Fsp3) is 0.263. The van der Waals surface area contributed by atoms with Gasteiger partial charge in [-0.1, -0.05) is 23.2 Å². The molecule has 0 radical (unpaired) electrons. The Kier molecular flexibility index (Phi) is 5.48. The van der Waals surface area contributed by atoms with Gasteiger partial charge in [0.1, 0.15) is 0 Å². The molecule has 0 aliphatic carbocycles. The zero-order chi connectivity index (χ0) is 19.7.